The lowest BCUT2D eigenvalue weighted by molar-refractivity contribution is -0.148. The number of aldehydes is 1. The Morgan fingerprint density at radius 3 is 2.47 bits per heavy atom. The number of fused-ring (bicyclic) bond motifs is 1. The van der Waals surface area contributed by atoms with E-state index >= 15 is 4.79 Å². The second-order valence-corrected chi connectivity index (χ2v) is 15.6. The van der Waals surface area contributed by atoms with E-state index in [4.69, 9.17) is 5.73 Å². The van der Waals surface area contributed by atoms with Crippen LogP contribution in [0.25, 0.3) is 10.8 Å². The highest BCUT2D eigenvalue weighted by Gasteiger charge is 2.68. The molecule has 13 nitrogen and oxygen atoms in total. The third-order valence-corrected chi connectivity index (χ3v) is 12.2. The zero-order valence-corrected chi connectivity index (χ0v) is 31.5. The minimum absolute atomic E-state index is 0.108. The molecule has 6 rings (SSSR count). The van der Waals surface area contributed by atoms with E-state index in [2.05, 4.69) is 73.8 Å². The molecule has 4 heterocycles. The van der Waals surface area contributed by atoms with E-state index in [0.29, 0.717) is 44.1 Å². The molecule has 53 heavy (non-hydrogen) atoms. The van der Waals surface area contributed by atoms with Crippen LogP contribution in [0.3, 0.4) is 0 Å². The largest absolute Gasteiger partial charge is 0.348 e. The number of nitrogens with zero attached hydrogens (tertiary/aromatic N) is 2. The number of piperidine rings is 1. The van der Waals surface area contributed by atoms with Gasteiger partial charge in [0.1, 0.15) is 23.9 Å². The number of hydrogen-bond donors (Lipinski definition) is 7. The van der Waals surface area contributed by atoms with Crippen LogP contribution in [0.5, 0.6) is 0 Å². The van der Waals surface area contributed by atoms with E-state index in [1.54, 1.807) is 18.0 Å². The molecule has 3 saturated heterocycles. The van der Waals surface area contributed by atoms with Gasteiger partial charge in [0.15, 0.2) is 0 Å². The molecule has 0 spiro atoms. The second-order valence-electron chi connectivity index (χ2n) is 15.6. The van der Waals surface area contributed by atoms with Crippen molar-refractivity contribution in [3.8, 4) is 0 Å². The number of benzene rings is 2. The van der Waals surface area contributed by atoms with Crippen LogP contribution in [0.2, 0.25) is 0 Å². The van der Waals surface area contributed by atoms with Gasteiger partial charge in [-0.05, 0) is 60.9 Å². The van der Waals surface area contributed by atoms with Crippen molar-refractivity contribution in [2.24, 2.45) is 17.6 Å². The van der Waals surface area contributed by atoms with Gasteiger partial charge in [-0.1, -0.05) is 69.7 Å². The van der Waals surface area contributed by atoms with Crippen LogP contribution in [0.4, 0.5) is 0 Å². The molecule has 0 aliphatic carbocycles. The maximum Gasteiger partial charge on any atom is 0.246 e. The topological polar surface area (TPSA) is 186 Å². The molecule has 9 atom stereocenters. The number of aromatic amines is 1. The zero-order chi connectivity index (χ0) is 37.8. The molecule has 0 bridgehead atoms. The third-order valence-electron chi connectivity index (χ3n) is 12.2. The number of H-pyrrole nitrogens is 1. The van der Waals surface area contributed by atoms with E-state index < -0.39 is 46.9 Å². The maximum absolute atomic E-state index is 15.4. The number of hydrogen-bond acceptors (Lipinski definition) is 9. The molecule has 286 valence electrons. The van der Waals surface area contributed by atoms with Gasteiger partial charge in [-0.15, -0.1) is 0 Å². The van der Waals surface area contributed by atoms with Gasteiger partial charge >= 0.3 is 0 Å². The smallest absolute Gasteiger partial charge is 0.246 e. The summed E-state index contributed by atoms with van der Waals surface area (Å²) in [6.07, 6.45) is 7.33. The molecule has 2 aromatic carbocycles. The minimum Gasteiger partial charge on any atom is -0.348 e. The van der Waals surface area contributed by atoms with Gasteiger partial charge in [-0.3, -0.25) is 14.4 Å². The Bertz CT molecular complexity index is 1740. The van der Waals surface area contributed by atoms with Crippen LogP contribution in [0, 0.1) is 11.8 Å². The quantitative estimate of drug-likeness (QED) is 0.128. The molecule has 3 amide bonds. The number of piperazine rings is 1. The fourth-order valence-corrected chi connectivity index (χ4v) is 9.15. The van der Waals surface area contributed by atoms with Crippen molar-refractivity contribution in [3.05, 3.63) is 66.2 Å². The first-order valence-electron chi connectivity index (χ1n) is 19.3. The molecular weight excluding hydrogens is 670 g/mol. The van der Waals surface area contributed by atoms with Crippen molar-refractivity contribution in [1.29, 1.82) is 0 Å². The molecule has 1 aromatic heterocycles. The highest BCUT2D eigenvalue weighted by Crippen LogP contribution is 2.53. The van der Waals surface area contributed by atoms with Crippen molar-refractivity contribution < 1.29 is 19.2 Å². The van der Waals surface area contributed by atoms with E-state index in [0.717, 1.165) is 48.6 Å². The van der Waals surface area contributed by atoms with Gasteiger partial charge in [0, 0.05) is 55.9 Å². The normalized spacial score (nSPS) is 28.5. The predicted octanol–water partition coefficient (Wildman–Crippen LogP) is 1.53. The molecule has 3 aliphatic rings. The first-order chi connectivity index (χ1) is 25.5. The molecule has 4 unspecified atom stereocenters. The molecule has 0 saturated carbocycles. The molecule has 13 heteroatoms. The highest BCUT2D eigenvalue weighted by molar-refractivity contribution is 5.95. The number of amides is 3. The number of carbonyl (C=O) groups is 4. The molecule has 0 radical (unpaired) electrons. The van der Waals surface area contributed by atoms with E-state index in [1.807, 2.05) is 26.0 Å². The van der Waals surface area contributed by atoms with Gasteiger partial charge in [0.05, 0.1) is 18.4 Å². The van der Waals surface area contributed by atoms with E-state index in [-0.39, 0.29) is 24.3 Å². The van der Waals surface area contributed by atoms with Crippen LogP contribution in [0.15, 0.2) is 55.0 Å². The average Bonchev–Trinajstić information content (AvgIpc) is 3.83. The molecule has 3 aromatic rings. The summed E-state index contributed by atoms with van der Waals surface area (Å²) in [7, 11) is 0. The molecule has 3 aliphatic heterocycles. The number of carbonyl (C=O) groups excluding carboxylic acids is 4. The number of nitrogens with two attached hydrogens (primary N) is 1. The highest BCUT2D eigenvalue weighted by atomic mass is 16.2. The summed E-state index contributed by atoms with van der Waals surface area (Å²) in [5.74, 6) is -1.12. The van der Waals surface area contributed by atoms with Crippen molar-refractivity contribution in [3.63, 3.8) is 0 Å². The summed E-state index contributed by atoms with van der Waals surface area (Å²) in [6, 6.07) is 11.4. The number of rotatable bonds is 13. The average molecular weight is 728 g/mol. The van der Waals surface area contributed by atoms with Crippen molar-refractivity contribution in [2.45, 2.75) is 101 Å². The summed E-state index contributed by atoms with van der Waals surface area (Å²) < 4.78 is 0. The van der Waals surface area contributed by atoms with Gasteiger partial charge in [-0.25, -0.2) is 4.98 Å². The summed E-state index contributed by atoms with van der Waals surface area (Å²) >= 11 is 0. The van der Waals surface area contributed by atoms with Gasteiger partial charge in [-0.2, -0.15) is 0 Å². The van der Waals surface area contributed by atoms with Crippen molar-refractivity contribution in [1.82, 2.24) is 41.5 Å². The Balaban J connectivity index is 1.48. The number of imidazole rings is 1. The lowest BCUT2D eigenvalue weighted by atomic mass is 9.56. The van der Waals surface area contributed by atoms with Crippen LogP contribution < -0.4 is 32.3 Å². The fourth-order valence-electron chi connectivity index (χ4n) is 9.15. The van der Waals surface area contributed by atoms with E-state index in [1.165, 1.54) is 6.33 Å². The standard InChI is InChI=1S/C40H57N9O4/c1-5-26(3)35(48-36(51)27(4)41)37(52)47-32(20-31-21-43-24-46-31)38(53)49-17-13-39(33-18-25(2)12-14-44-33,40(49,23-50)34-22-42-15-16-45-34)30-11-10-28-8-6-7-9-29(28)19-30/h6-11,19,21,23-27,32-35,42,44-45H,5,12-18,20,22,41H2,1-4H3,(H,43,46)(H,47,52)(H,48,51)/t25?,26-,27-,32+,33?,34?,35-,39?,40-/m0/s1. The van der Waals surface area contributed by atoms with Gasteiger partial charge < -0.3 is 47.0 Å². The van der Waals surface area contributed by atoms with Crippen LogP contribution >= 0.6 is 0 Å². The Kier molecular flexibility index (Phi) is 12.0. The third kappa shape index (κ3) is 7.36. The number of likely N-dealkylation sites (tertiary alicyclic amines) is 1. The zero-order valence-electron chi connectivity index (χ0n) is 31.5. The van der Waals surface area contributed by atoms with Crippen LogP contribution in [-0.2, 0) is 31.0 Å². The molecular formula is C40H57N9O4. The summed E-state index contributed by atoms with van der Waals surface area (Å²) in [5.41, 5.74) is 5.39. The molecule has 8 N–H and O–H groups in total. The van der Waals surface area contributed by atoms with Gasteiger partial charge in [0.2, 0.25) is 17.7 Å². The SMILES string of the molecule is CC[C@H](C)[C@H](NC(=O)[C@H](C)N)C(=O)N[C@H](Cc1cnc[nH]1)C(=O)N1CCC(c2ccc3ccccc3c2)(C2CC(C)CCN2)[C@]1(C=O)C1CNCCN1. The van der Waals surface area contributed by atoms with E-state index in [9.17, 15) is 14.4 Å². The number of nitrogens with one attached hydrogen (secondary N) is 6. The monoisotopic (exact) mass is 727 g/mol. The Hall–Kier alpha value is -4.17. The van der Waals surface area contributed by atoms with Crippen molar-refractivity contribution in [2.75, 3.05) is 32.7 Å². The van der Waals surface area contributed by atoms with Crippen LogP contribution in [-0.4, -0.2) is 107 Å². The maximum atomic E-state index is 15.4. The Morgan fingerprint density at radius 1 is 1.04 bits per heavy atom. The lowest BCUT2D eigenvalue weighted by Crippen LogP contribution is -2.77. The van der Waals surface area contributed by atoms with Crippen LogP contribution in [0.1, 0.15) is 64.6 Å². The first kappa shape index (κ1) is 38.6. The van der Waals surface area contributed by atoms with Gasteiger partial charge in [0.25, 0.3) is 0 Å². The summed E-state index contributed by atoms with van der Waals surface area (Å²) in [5, 5.41) is 19.0. The first-order valence-corrected chi connectivity index (χ1v) is 19.3. The van der Waals surface area contributed by atoms with Crippen molar-refractivity contribution >= 4 is 34.8 Å². The summed E-state index contributed by atoms with van der Waals surface area (Å²) in [4.78, 5) is 65.9. The molecule has 3 fully saturated rings. The minimum atomic E-state index is -1.34. The lowest BCUT2D eigenvalue weighted by Gasteiger charge is -2.56. The second kappa shape index (κ2) is 16.5. The fraction of sp³-hybridized carbons (Fsp3) is 0.575. The summed E-state index contributed by atoms with van der Waals surface area (Å²) in [6.45, 7) is 10.6. The predicted molar refractivity (Wildman–Crippen MR) is 205 cm³/mol. The Morgan fingerprint density at radius 2 is 1.81 bits per heavy atom. The number of aromatic nitrogens is 2. The Labute approximate surface area is 312 Å².